The molecule has 0 amide bonds. The first-order valence-corrected chi connectivity index (χ1v) is 10.5. The quantitative estimate of drug-likeness (QED) is 0.314. The monoisotopic (exact) mass is 503 g/mol. The molecule has 0 atom stereocenters. The second kappa shape index (κ2) is 12.4. The maximum absolute atomic E-state index is 13.2. The lowest BCUT2D eigenvalue weighted by Crippen LogP contribution is -2.16. The third-order valence-corrected chi connectivity index (χ3v) is 5.48. The van der Waals surface area contributed by atoms with Gasteiger partial charge in [0, 0.05) is 22.2 Å². The molecule has 3 nitrogen and oxygen atoms in total. The molecule has 3 aromatic carbocycles. The van der Waals surface area contributed by atoms with Gasteiger partial charge in [-0.3, -0.25) is 0 Å². The molecule has 1 N–H and O–H groups in total. The van der Waals surface area contributed by atoms with E-state index in [4.69, 9.17) is 44.3 Å². The van der Waals surface area contributed by atoms with Crippen molar-refractivity contribution in [3.8, 4) is 11.5 Å². The number of methoxy groups -OCH3 is 1. The molecule has 0 aliphatic carbocycles. The van der Waals surface area contributed by atoms with Crippen molar-refractivity contribution in [1.29, 1.82) is 0 Å². The van der Waals surface area contributed by atoms with Crippen LogP contribution in [0, 0.1) is 5.82 Å². The van der Waals surface area contributed by atoms with Crippen LogP contribution in [0.5, 0.6) is 11.5 Å². The first-order chi connectivity index (χ1) is 14.5. The summed E-state index contributed by atoms with van der Waals surface area (Å²) in [6, 6.07) is 15.5. The predicted molar refractivity (Wildman–Crippen MR) is 128 cm³/mol. The van der Waals surface area contributed by atoms with E-state index in [0.717, 1.165) is 24.1 Å². The molecule has 0 aliphatic heterocycles. The van der Waals surface area contributed by atoms with Gasteiger partial charge in [-0.15, -0.1) is 12.4 Å². The Balaban J connectivity index is 0.00000341. The molecule has 0 aromatic heterocycles. The third-order valence-electron chi connectivity index (χ3n) is 4.54. The van der Waals surface area contributed by atoms with Gasteiger partial charge in [0.2, 0.25) is 0 Å². The van der Waals surface area contributed by atoms with Crippen LogP contribution in [-0.2, 0) is 19.6 Å². The lowest BCUT2D eigenvalue weighted by Gasteiger charge is -2.13. The molecule has 0 aliphatic rings. The Bertz CT molecular complexity index is 1020. The predicted octanol–water partition coefficient (Wildman–Crippen LogP) is 7.13. The van der Waals surface area contributed by atoms with Gasteiger partial charge in [-0.25, -0.2) is 4.39 Å². The highest BCUT2D eigenvalue weighted by Crippen LogP contribution is 2.30. The molecule has 0 radical (unpaired) electrons. The zero-order chi connectivity index (χ0) is 21.5. The fourth-order valence-electron chi connectivity index (χ4n) is 2.92. The Labute approximate surface area is 202 Å². The molecule has 8 heteroatoms. The summed E-state index contributed by atoms with van der Waals surface area (Å²) in [7, 11) is 1.59. The van der Waals surface area contributed by atoms with Crippen molar-refractivity contribution in [2.24, 2.45) is 0 Å². The Morgan fingerprint density at radius 1 is 0.871 bits per heavy atom. The van der Waals surface area contributed by atoms with E-state index in [1.54, 1.807) is 19.2 Å². The molecule has 0 spiro atoms. The summed E-state index contributed by atoms with van der Waals surface area (Å²) in [6.07, 6.45) is 0.798. The molecule has 0 saturated heterocycles. The highest BCUT2D eigenvalue weighted by atomic mass is 35.5. The number of nitrogens with one attached hydrogen (secondary N) is 1. The summed E-state index contributed by atoms with van der Waals surface area (Å²) in [6.45, 7) is 1.66. The van der Waals surface area contributed by atoms with E-state index < -0.39 is 0 Å². The molecule has 0 heterocycles. The molecule has 3 aromatic rings. The van der Waals surface area contributed by atoms with Gasteiger partial charge >= 0.3 is 0 Å². The first kappa shape index (κ1) is 25.6. The lowest BCUT2D eigenvalue weighted by atomic mass is 10.1. The second-order valence-corrected chi connectivity index (χ2v) is 7.92. The number of rotatable bonds is 9. The van der Waals surface area contributed by atoms with Gasteiger partial charge in [0.25, 0.3) is 0 Å². The van der Waals surface area contributed by atoms with Gasteiger partial charge in [0.1, 0.15) is 12.4 Å². The van der Waals surface area contributed by atoms with Crippen LogP contribution in [0.1, 0.15) is 16.7 Å². The summed E-state index contributed by atoms with van der Waals surface area (Å²) < 4.78 is 24.4. The lowest BCUT2D eigenvalue weighted by molar-refractivity contribution is 0.284. The topological polar surface area (TPSA) is 30.5 Å². The number of benzene rings is 3. The van der Waals surface area contributed by atoms with Crippen molar-refractivity contribution in [3.05, 3.63) is 92.2 Å². The van der Waals surface area contributed by atoms with Crippen LogP contribution in [0.3, 0.4) is 0 Å². The van der Waals surface area contributed by atoms with Crippen molar-refractivity contribution >= 4 is 47.2 Å². The Kier molecular flexibility index (Phi) is 10.2. The van der Waals surface area contributed by atoms with E-state index in [1.165, 1.54) is 12.1 Å². The standard InChI is InChI=1S/C23H21Cl3FNO2.ClH/c1-29-23-10-15(13-28-9-8-16-3-5-18(24)11-20(16)25)2-7-22(23)30-14-17-4-6-19(27)12-21(17)26;/h2-7,10-12,28H,8-9,13-14H2,1H3;1H. The highest BCUT2D eigenvalue weighted by Gasteiger charge is 2.09. The molecule has 0 saturated carbocycles. The average molecular weight is 505 g/mol. The van der Waals surface area contributed by atoms with Crippen molar-refractivity contribution in [1.82, 2.24) is 5.32 Å². The summed E-state index contributed by atoms with van der Waals surface area (Å²) in [5, 5.41) is 5.03. The largest absolute Gasteiger partial charge is 0.493 e. The zero-order valence-electron chi connectivity index (χ0n) is 16.8. The number of hydrogen-bond acceptors (Lipinski definition) is 3. The van der Waals surface area contributed by atoms with E-state index in [-0.39, 0.29) is 24.8 Å². The molecule has 3 rings (SSSR count). The van der Waals surface area contributed by atoms with Gasteiger partial charge in [0.15, 0.2) is 11.5 Å². The van der Waals surface area contributed by atoms with Crippen LogP contribution in [0.15, 0.2) is 54.6 Å². The van der Waals surface area contributed by atoms with Crippen LogP contribution in [-0.4, -0.2) is 13.7 Å². The SMILES string of the molecule is COc1cc(CNCCc2ccc(Cl)cc2Cl)ccc1OCc1ccc(F)cc1Cl.Cl. The molecule has 31 heavy (non-hydrogen) atoms. The van der Waals surface area contributed by atoms with Gasteiger partial charge in [-0.2, -0.15) is 0 Å². The number of hydrogen-bond donors (Lipinski definition) is 1. The first-order valence-electron chi connectivity index (χ1n) is 9.34. The van der Waals surface area contributed by atoms with Crippen molar-refractivity contribution in [2.75, 3.05) is 13.7 Å². The molecule has 0 bridgehead atoms. The summed E-state index contributed by atoms with van der Waals surface area (Å²) in [5.74, 6) is 0.833. The minimum atomic E-state index is -0.378. The molecule has 0 fully saturated rings. The van der Waals surface area contributed by atoms with Gasteiger partial charge in [0.05, 0.1) is 12.1 Å². The maximum Gasteiger partial charge on any atom is 0.161 e. The summed E-state index contributed by atoms with van der Waals surface area (Å²) >= 11 is 18.2. The normalized spacial score (nSPS) is 10.5. The fraction of sp³-hybridized carbons (Fsp3) is 0.217. The summed E-state index contributed by atoms with van der Waals surface area (Å²) in [4.78, 5) is 0. The van der Waals surface area contributed by atoms with Gasteiger partial charge in [-0.05, 0) is 60.5 Å². The molecular weight excluding hydrogens is 483 g/mol. The van der Waals surface area contributed by atoms with Crippen molar-refractivity contribution < 1.29 is 13.9 Å². The Morgan fingerprint density at radius 3 is 2.32 bits per heavy atom. The van der Waals surface area contributed by atoms with Crippen LogP contribution in [0.2, 0.25) is 15.1 Å². The van der Waals surface area contributed by atoms with Crippen LogP contribution < -0.4 is 14.8 Å². The second-order valence-electron chi connectivity index (χ2n) is 6.67. The van der Waals surface area contributed by atoms with E-state index >= 15 is 0 Å². The molecule has 166 valence electrons. The van der Waals surface area contributed by atoms with E-state index in [9.17, 15) is 4.39 Å². The highest BCUT2D eigenvalue weighted by molar-refractivity contribution is 6.35. The van der Waals surface area contributed by atoms with Crippen LogP contribution >= 0.6 is 47.2 Å². The maximum atomic E-state index is 13.2. The zero-order valence-corrected chi connectivity index (χ0v) is 19.8. The van der Waals surface area contributed by atoms with Crippen LogP contribution in [0.4, 0.5) is 4.39 Å². The average Bonchev–Trinajstić information content (AvgIpc) is 2.72. The van der Waals surface area contributed by atoms with Crippen molar-refractivity contribution in [2.45, 2.75) is 19.6 Å². The minimum Gasteiger partial charge on any atom is -0.493 e. The third kappa shape index (κ3) is 7.44. The number of halogens is 5. The molecule has 0 unspecified atom stereocenters. The van der Waals surface area contributed by atoms with Crippen molar-refractivity contribution in [3.63, 3.8) is 0 Å². The fourth-order valence-corrected chi connectivity index (χ4v) is 3.64. The molecular formula is C23H22Cl4FNO2. The van der Waals surface area contributed by atoms with E-state index in [1.807, 2.05) is 30.3 Å². The van der Waals surface area contributed by atoms with E-state index in [2.05, 4.69) is 5.32 Å². The van der Waals surface area contributed by atoms with E-state index in [0.29, 0.717) is 38.7 Å². The van der Waals surface area contributed by atoms with Gasteiger partial charge < -0.3 is 14.8 Å². The van der Waals surface area contributed by atoms with Gasteiger partial charge in [-0.1, -0.05) is 53.0 Å². The Morgan fingerprint density at radius 2 is 1.61 bits per heavy atom. The van der Waals surface area contributed by atoms with Crippen LogP contribution in [0.25, 0.3) is 0 Å². The minimum absolute atomic E-state index is 0. The smallest absolute Gasteiger partial charge is 0.161 e. The summed E-state index contributed by atoms with van der Waals surface area (Å²) in [5.41, 5.74) is 2.81. The Hall–Kier alpha value is -1.69. The number of ether oxygens (including phenoxy) is 2.